The Kier molecular flexibility index (Phi) is 3.95. The van der Waals surface area contributed by atoms with Gasteiger partial charge < -0.3 is 15.8 Å². The van der Waals surface area contributed by atoms with E-state index in [1.54, 1.807) is 0 Å². The maximum atomic E-state index is 8.76. The molecule has 2 heterocycles. The average molecular weight is 309 g/mol. The summed E-state index contributed by atoms with van der Waals surface area (Å²) in [6, 6.07) is 6.85. The number of halogens is 1. The highest BCUT2D eigenvalue weighted by Gasteiger charge is 2.34. The smallest absolute Gasteiger partial charge is 0.171 e. The first-order valence-corrected chi connectivity index (χ1v) is 7.76. The second-order valence-corrected chi connectivity index (χ2v) is 6.35. The molecule has 2 fully saturated rings. The highest BCUT2D eigenvalue weighted by atomic mass is 35.5. The molecule has 0 saturated carbocycles. The second kappa shape index (κ2) is 5.73. The summed E-state index contributed by atoms with van der Waals surface area (Å²) in [5, 5.41) is 12.3. The number of oxime groups is 1. The highest BCUT2D eigenvalue weighted by Crippen LogP contribution is 2.31. The topological polar surface area (TPSA) is 65.1 Å². The van der Waals surface area contributed by atoms with Crippen LogP contribution in [0.5, 0.6) is 0 Å². The number of fused-ring (bicyclic) bond motifs is 1. The normalized spacial score (nSPS) is 27.0. The van der Waals surface area contributed by atoms with Crippen molar-refractivity contribution in [2.45, 2.75) is 31.8 Å². The van der Waals surface area contributed by atoms with Crippen LogP contribution in [0, 0.1) is 0 Å². The molecule has 2 unspecified atom stereocenters. The Hall–Kier alpha value is -1.46. The summed E-state index contributed by atoms with van der Waals surface area (Å²) < 4.78 is 0. The van der Waals surface area contributed by atoms with E-state index in [4.69, 9.17) is 22.5 Å². The minimum Gasteiger partial charge on any atom is -0.409 e. The number of hydrogen-bond acceptors (Lipinski definition) is 4. The van der Waals surface area contributed by atoms with Gasteiger partial charge in [0, 0.05) is 36.4 Å². The average Bonchev–Trinajstić information content (AvgIpc) is 2.92. The number of benzene rings is 1. The van der Waals surface area contributed by atoms with Crippen LogP contribution in [0.1, 0.15) is 25.3 Å². The molecule has 21 heavy (non-hydrogen) atoms. The summed E-state index contributed by atoms with van der Waals surface area (Å²) in [5.41, 5.74) is 7.29. The molecule has 0 amide bonds. The third-order valence-corrected chi connectivity index (χ3v) is 4.92. The predicted molar refractivity (Wildman–Crippen MR) is 85.4 cm³/mol. The van der Waals surface area contributed by atoms with Crippen molar-refractivity contribution in [3.05, 3.63) is 28.8 Å². The molecule has 114 valence electrons. The van der Waals surface area contributed by atoms with Gasteiger partial charge in [-0.15, -0.1) is 0 Å². The van der Waals surface area contributed by atoms with Crippen molar-refractivity contribution in [1.29, 1.82) is 0 Å². The molecule has 0 bridgehead atoms. The molecular formula is C15H21ClN4O. The molecule has 1 aromatic rings. The first-order chi connectivity index (χ1) is 10.1. The number of nitrogens with zero attached hydrogens (tertiary/aromatic N) is 3. The molecule has 0 radical (unpaired) electrons. The van der Waals surface area contributed by atoms with Gasteiger partial charge in [0.25, 0.3) is 0 Å². The minimum absolute atomic E-state index is 0.0419. The van der Waals surface area contributed by atoms with E-state index in [-0.39, 0.29) is 5.84 Å². The van der Waals surface area contributed by atoms with E-state index in [1.807, 2.05) is 18.2 Å². The van der Waals surface area contributed by atoms with Crippen LogP contribution in [-0.4, -0.2) is 47.7 Å². The Morgan fingerprint density at radius 3 is 2.95 bits per heavy atom. The molecular weight excluding hydrogens is 288 g/mol. The number of anilines is 1. The summed E-state index contributed by atoms with van der Waals surface area (Å²) >= 11 is 6.27. The van der Waals surface area contributed by atoms with E-state index in [0.29, 0.717) is 22.7 Å². The van der Waals surface area contributed by atoms with Crippen LogP contribution in [-0.2, 0) is 0 Å². The third-order valence-electron chi connectivity index (χ3n) is 4.61. The van der Waals surface area contributed by atoms with Crippen LogP contribution in [0.2, 0.25) is 5.02 Å². The Bertz CT molecular complexity index is 563. The van der Waals surface area contributed by atoms with Crippen LogP contribution in [0.15, 0.2) is 23.4 Å². The number of rotatable bonds is 2. The molecule has 2 saturated heterocycles. The summed E-state index contributed by atoms with van der Waals surface area (Å²) in [6.07, 6.45) is 2.58. The van der Waals surface area contributed by atoms with E-state index < -0.39 is 0 Å². The molecule has 6 heteroatoms. The number of amidine groups is 1. The first kappa shape index (κ1) is 14.5. The predicted octanol–water partition coefficient (Wildman–Crippen LogP) is 2.11. The number of hydrogen-bond donors (Lipinski definition) is 2. The second-order valence-electron chi connectivity index (χ2n) is 5.94. The molecule has 3 N–H and O–H groups in total. The fraction of sp³-hybridized carbons (Fsp3) is 0.533. The Balaban J connectivity index is 1.85. The lowest BCUT2D eigenvalue weighted by Crippen LogP contribution is -2.55. The van der Waals surface area contributed by atoms with Gasteiger partial charge in [0.2, 0.25) is 0 Å². The van der Waals surface area contributed by atoms with Crippen LogP contribution >= 0.6 is 11.6 Å². The SMILES string of the molecule is CC1CN2CCCC2CN1c1ccc(/C(N)=N/O)c(Cl)c1. The molecule has 5 nitrogen and oxygen atoms in total. The van der Waals surface area contributed by atoms with Crippen LogP contribution in [0.25, 0.3) is 0 Å². The molecule has 0 spiro atoms. The standard InChI is InChI=1S/C15H21ClN4O/c1-10-8-19-6-2-3-12(19)9-20(10)11-4-5-13(14(16)7-11)15(17)18-21/h4-5,7,10,12,21H,2-3,6,8-9H2,1H3,(H2,17,18). The summed E-state index contributed by atoms with van der Waals surface area (Å²) in [4.78, 5) is 5.00. The van der Waals surface area contributed by atoms with Gasteiger partial charge in [-0.3, -0.25) is 4.90 Å². The fourth-order valence-electron chi connectivity index (χ4n) is 3.49. The van der Waals surface area contributed by atoms with Crippen molar-refractivity contribution < 1.29 is 5.21 Å². The largest absolute Gasteiger partial charge is 0.409 e. The lowest BCUT2D eigenvalue weighted by molar-refractivity contribution is 0.203. The Labute approximate surface area is 130 Å². The van der Waals surface area contributed by atoms with E-state index in [1.165, 1.54) is 19.4 Å². The van der Waals surface area contributed by atoms with Gasteiger partial charge in [0.15, 0.2) is 5.84 Å². The zero-order valence-corrected chi connectivity index (χ0v) is 12.9. The lowest BCUT2D eigenvalue weighted by atomic mass is 10.1. The Morgan fingerprint density at radius 1 is 1.43 bits per heavy atom. The first-order valence-electron chi connectivity index (χ1n) is 7.38. The van der Waals surface area contributed by atoms with Gasteiger partial charge in [-0.05, 0) is 44.5 Å². The fourth-order valence-corrected chi connectivity index (χ4v) is 3.76. The van der Waals surface area contributed by atoms with Crippen LogP contribution in [0.4, 0.5) is 5.69 Å². The Morgan fingerprint density at radius 2 is 2.24 bits per heavy atom. The van der Waals surface area contributed by atoms with Crippen molar-refractivity contribution in [3.8, 4) is 0 Å². The molecule has 0 aromatic heterocycles. The zero-order valence-electron chi connectivity index (χ0n) is 12.2. The summed E-state index contributed by atoms with van der Waals surface area (Å²) in [6.45, 7) is 5.62. The van der Waals surface area contributed by atoms with Crippen molar-refractivity contribution in [1.82, 2.24) is 4.90 Å². The molecule has 2 aliphatic rings. The number of piperazine rings is 1. The molecule has 2 aliphatic heterocycles. The van der Waals surface area contributed by atoms with Gasteiger partial charge in [-0.25, -0.2) is 0 Å². The van der Waals surface area contributed by atoms with E-state index in [0.717, 1.165) is 18.8 Å². The van der Waals surface area contributed by atoms with E-state index in [9.17, 15) is 0 Å². The molecule has 1 aromatic carbocycles. The summed E-state index contributed by atoms with van der Waals surface area (Å²) in [7, 11) is 0. The van der Waals surface area contributed by atoms with Gasteiger partial charge in [-0.1, -0.05) is 16.8 Å². The summed E-state index contributed by atoms with van der Waals surface area (Å²) in [5.74, 6) is 0.0419. The van der Waals surface area contributed by atoms with E-state index in [2.05, 4.69) is 21.9 Å². The minimum atomic E-state index is 0.0419. The lowest BCUT2D eigenvalue weighted by Gasteiger charge is -2.43. The number of nitrogens with two attached hydrogens (primary N) is 1. The monoisotopic (exact) mass is 308 g/mol. The van der Waals surface area contributed by atoms with E-state index >= 15 is 0 Å². The third kappa shape index (κ3) is 2.68. The maximum Gasteiger partial charge on any atom is 0.171 e. The van der Waals surface area contributed by atoms with Crippen molar-refractivity contribution in [2.75, 3.05) is 24.5 Å². The maximum absolute atomic E-state index is 8.76. The van der Waals surface area contributed by atoms with Crippen molar-refractivity contribution >= 4 is 23.1 Å². The highest BCUT2D eigenvalue weighted by molar-refractivity contribution is 6.34. The van der Waals surface area contributed by atoms with Gasteiger partial charge in [0.1, 0.15) is 0 Å². The zero-order chi connectivity index (χ0) is 15.0. The molecule has 3 rings (SSSR count). The molecule has 0 aliphatic carbocycles. The van der Waals surface area contributed by atoms with Crippen LogP contribution < -0.4 is 10.6 Å². The van der Waals surface area contributed by atoms with Crippen LogP contribution in [0.3, 0.4) is 0 Å². The molecule has 2 atom stereocenters. The van der Waals surface area contributed by atoms with Crippen molar-refractivity contribution in [2.24, 2.45) is 10.9 Å². The van der Waals surface area contributed by atoms with Gasteiger partial charge >= 0.3 is 0 Å². The van der Waals surface area contributed by atoms with Gasteiger partial charge in [0.05, 0.1) is 5.02 Å². The quantitative estimate of drug-likeness (QED) is 0.380. The van der Waals surface area contributed by atoms with Gasteiger partial charge in [-0.2, -0.15) is 0 Å². The van der Waals surface area contributed by atoms with Crippen molar-refractivity contribution in [3.63, 3.8) is 0 Å².